The Morgan fingerprint density at radius 1 is 1.13 bits per heavy atom. The van der Waals surface area contributed by atoms with Crippen LogP contribution in [0.3, 0.4) is 0 Å². The predicted octanol–water partition coefficient (Wildman–Crippen LogP) is 2.51. The maximum absolute atomic E-state index is 13.8. The molecule has 10 heteroatoms. The van der Waals surface area contributed by atoms with Crippen molar-refractivity contribution in [2.75, 3.05) is 39.8 Å². The van der Waals surface area contributed by atoms with E-state index in [2.05, 4.69) is 10.3 Å². The van der Waals surface area contributed by atoms with Crippen molar-refractivity contribution < 1.29 is 19.1 Å². The molecular weight excluding hydrogens is 502 g/mol. The Balaban J connectivity index is 1.47. The molecule has 38 heavy (non-hydrogen) atoms. The van der Waals surface area contributed by atoms with Gasteiger partial charge in [0.25, 0.3) is 11.8 Å². The van der Waals surface area contributed by atoms with Crippen LogP contribution in [0.1, 0.15) is 32.0 Å². The quantitative estimate of drug-likeness (QED) is 0.502. The van der Waals surface area contributed by atoms with E-state index < -0.39 is 6.04 Å². The molecule has 2 aliphatic rings. The van der Waals surface area contributed by atoms with Gasteiger partial charge < -0.3 is 24.8 Å². The van der Waals surface area contributed by atoms with Crippen molar-refractivity contribution in [2.24, 2.45) is 0 Å². The summed E-state index contributed by atoms with van der Waals surface area (Å²) in [5.74, 6) is 0.268. The molecule has 1 N–H and O–H groups in total. The van der Waals surface area contributed by atoms with Gasteiger partial charge in [-0.2, -0.15) is 0 Å². The van der Waals surface area contributed by atoms with Crippen LogP contribution in [0.2, 0.25) is 0 Å². The smallest absolute Gasteiger partial charge is 0.264 e. The molecule has 2 aliphatic heterocycles. The standard InChI is InChI=1S/C28H31N5O4S/c1-37-23-7-2-5-20(15-23)18-32(28(36)25-8-4-14-38-25)22-16-24(27(35)31-12-10-29-11-13-31)33(19-22)26(34)21-6-3-9-30-17-21/h2-9,14-15,17,22,24,29H,10-13,16,18-19H2,1H3. The maximum Gasteiger partial charge on any atom is 0.264 e. The Labute approximate surface area is 226 Å². The van der Waals surface area contributed by atoms with E-state index in [0.29, 0.717) is 42.2 Å². The molecule has 4 heterocycles. The van der Waals surface area contributed by atoms with E-state index in [1.807, 2.05) is 46.7 Å². The van der Waals surface area contributed by atoms with Crippen molar-refractivity contribution in [2.45, 2.75) is 25.0 Å². The van der Waals surface area contributed by atoms with Crippen LogP contribution in [0, 0.1) is 0 Å². The summed E-state index contributed by atoms with van der Waals surface area (Å²) in [6.45, 7) is 3.22. The zero-order chi connectivity index (χ0) is 26.5. The molecule has 5 rings (SSSR count). The maximum atomic E-state index is 13.8. The lowest BCUT2D eigenvalue weighted by atomic mass is 10.1. The molecule has 2 fully saturated rings. The molecule has 198 valence electrons. The van der Waals surface area contributed by atoms with Crippen molar-refractivity contribution in [3.8, 4) is 5.75 Å². The number of benzene rings is 1. The molecule has 0 spiro atoms. The topological polar surface area (TPSA) is 95.1 Å². The van der Waals surface area contributed by atoms with Gasteiger partial charge in [0.15, 0.2) is 0 Å². The molecule has 0 saturated carbocycles. The molecule has 3 aromatic rings. The summed E-state index contributed by atoms with van der Waals surface area (Å²) >= 11 is 1.38. The Hall–Kier alpha value is -3.76. The highest BCUT2D eigenvalue weighted by molar-refractivity contribution is 7.12. The number of piperazine rings is 1. The first-order valence-corrected chi connectivity index (χ1v) is 13.6. The van der Waals surface area contributed by atoms with Crippen LogP contribution in [0.15, 0.2) is 66.3 Å². The lowest BCUT2D eigenvalue weighted by Crippen LogP contribution is -2.53. The second-order valence-electron chi connectivity index (χ2n) is 9.44. The zero-order valence-electron chi connectivity index (χ0n) is 21.3. The molecular formula is C28H31N5O4S. The number of nitrogens with one attached hydrogen (secondary N) is 1. The van der Waals surface area contributed by atoms with Gasteiger partial charge in [-0.05, 0) is 47.7 Å². The third-order valence-corrected chi connectivity index (χ3v) is 7.94. The number of rotatable bonds is 7. The van der Waals surface area contributed by atoms with Gasteiger partial charge in [-0.3, -0.25) is 19.4 Å². The van der Waals surface area contributed by atoms with Crippen LogP contribution in [-0.2, 0) is 11.3 Å². The number of methoxy groups -OCH3 is 1. The van der Waals surface area contributed by atoms with Crippen LogP contribution in [0.5, 0.6) is 5.75 Å². The van der Waals surface area contributed by atoms with Gasteiger partial charge in [0, 0.05) is 51.7 Å². The lowest BCUT2D eigenvalue weighted by molar-refractivity contribution is -0.135. The van der Waals surface area contributed by atoms with Crippen LogP contribution in [0.25, 0.3) is 0 Å². The van der Waals surface area contributed by atoms with Gasteiger partial charge in [-0.25, -0.2) is 0 Å². The second-order valence-corrected chi connectivity index (χ2v) is 10.4. The minimum atomic E-state index is -0.658. The molecule has 0 aliphatic carbocycles. The summed E-state index contributed by atoms with van der Waals surface area (Å²) in [6.07, 6.45) is 3.51. The van der Waals surface area contributed by atoms with Gasteiger partial charge >= 0.3 is 0 Å². The van der Waals surface area contributed by atoms with Gasteiger partial charge in [0.2, 0.25) is 5.91 Å². The second kappa shape index (κ2) is 11.7. The fourth-order valence-corrected chi connectivity index (χ4v) is 5.80. The van der Waals surface area contributed by atoms with E-state index in [9.17, 15) is 14.4 Å². The molecule has 2 unspecified atom stereocenters. The molecule has 2 aromatic heterocycles. The highest BCUT2D eigenvalue weighted by Crippen LogP contribution is 2.29. The minimum absolute atomic E-state index is 0.0730. The van der Waals surface area contributed by atoms with E-state index in [4.69, 9.17) is 4.74 Å². The van der Waals surface area contributed by atoms with Crippen LogP contribution in [0.4, 0.5) is 0 Å². The molecule has 2 saturated heterocycles. The van der Waals surface area contributed by atoms with Crippen molar-refractivity contribution in [3.05, 3.63) is 82.3 Å². The van der Waals surface area contributed by atoms with E-state index in [1.54, 1.807) is 35.2 Å². The molecule has 0 radical (unpaired) electrons. The fraction of sp³-hybridized carbons (Fsp3) is 0.357. The molecule has 0 bridgehead atoms. The largest absolute Gasteiger partial charge is 0.497 e. The van der Waals surface area contributed by atoms with Crippen molar-refractivity contribution in [3.63, 3.8) is 0 Å². The predicted molar refractivity (Wildman–Crippen MR) is 144 cm³/mol. The van der Waals surface area contributed by atoms with Crippen molar-refractivity contribution in [1.82, 2.24) is 25.0 Å². The minimum Gasteiger partial charge on any atom is -0.497 e. The number of ether oxygens (including phenoxy) is 1. The van der Waals surface area contributed by atoms with E-state index >= 15 is 0 Å². The third kappa shape index (κ3) is 5.56. The van der Waals surface area contributed by atoms with E-state index in [-0.39, 0.29) is 30.3 Å². The Bertz CT molecular complexity index is 1260. The monoisotopic (exact) mass is 533 g/mol. The van der Waals surface area contributed by atoms with Gasteiger partial charge in [0.05, 0.1) is 23.6 Å². The summed E-state index contributed by atoms with van der Waals surface area (Å²) in [6, 6.07) is 13.7. The number of thiophene rings is 1. The molecule has 2 atom stereocenters. The summed E-state index contributed by atoms with van der Waals surface area (Å²) in [4.78, 5) is 51.1. The normalized spacial score (nSPS) is 19.3. The summed E-state index contributed by atoms with van der Waals surface area (Å²) < 4.78 is 5.39. The SMILES string of the molecule is COc1cccc(CN(C(=O)c2cccs2)C2CC(C(=O)N3CCNCC3)N(C(=O)c3cccnc3)C2)c1. The number of pyridine rings is 1. The number of nitrogens with zero attached hydrogens (tertiary/aromatic N) is 4. The van der Waals surface area contributed by atoms with Gasteiger partial charge in [-0.1, -0.05) is 18.2 Å². The summed E-state index contributed by atoms with van der Waals surface area (Å²) in [5.41, 5.74) is 1.34. The molecule has 1 aromatic carbocycles. The van der Waals surface area contributed by atoms with Gasteiger partial charge in [0.1, 0.15) is 11.8 Å². The van der Waals surface area contributed by atoms with E-state index in [0.717, 1.165) is 18.7 Å². The third-order valence-electron chi connectivity index (χ3n) is 7.08. The Morgan fingerprint density at radius 2 is 1.97 bits per heavy atom. The number of hydrogen-bond acceptors (Lipinski definition) is 7. The first-order chi connectivity index (χ1) is 18.5. The average molecular weight is 534 g/mol. The first kappa shape index (κ1) is 25.9. The van der Waals surface area contributed by atoms with Crippen LogP contribution >= 0.6 is 11.3 Å². The summed E-state index contributed by atoms with van der Waals surface area (Å²) in [5, 5.41) is 5.15. The van der Waals surface area contributed by atoms with Gasteiger partial charge in [-0.15, -0.1) is 11.3 Å². The molecule has 3 amide bonds. The van der Waals surface area contributed by atoms with Crippen LogP contribution in [-0.4, -0.2) is 89.3 Å². The van der Waals surface area contributed by atoms with Crippen molar-refractivity contribution in [1.29, 1.82) is 0 Å². The molecule has 9 nitrogen and oxygen atoms in total. The van der Waals surface area contributed by atoms with E-state index in [1.165, 1.54) is 17.5 Å². The number of carbonyl (C=O) groups is 3. The highest BCUT2D eigenvalue weighted by atomic mass is 32.1. The van der Waals surface area contributed by atoms with Crippen LogP contribution < -0.4 is 10.1 Å². The number of carbonyl (C=O) groups excluding carboxylic acids is 3. The number of aromatic nitrogens is 1. The van der Waals surface area contributed by atoms with Crippen molar-refractivity contribution >= 4 is 29.1 Å². The summed E-state index contributed by atoms with van der Waals surface area (Å²) in [7, 11) is 1.61. The average Bonchev–Trinajstić information content (AvgIpc) is 3.67. The number of amides is 3. The fourth-order valence-electron chi connectivity index (χ4n) is 5.13. The number of hydrogen-bond donors (Lipinski definition) is 1. The number of likely N-dealkylation sites (tertiary alicyclic amines) is 1. The first-order valence-electron chi connectivity index (χ1n) is 12.7. The highest BCUT2D eigenvalue weighted by Gasteiger charge is 2.45. The Morgan fingerprint density at radius 3 is 2.68 bits per heavy atom. The Kier molecular flexibility index (Phi) is 8.00. The zero-order valence-corrected chi connectivity index (χ0v) is 22.1. The lowest BCUT2D eigenvalue weighted by Gasteiger charge is -2.32.